The van der Waals surface area contributed by atoms with Crippen molar-refractivity contribution in [2.24, 2.45) is 5.73 Å². The summed E-state index contributed by atoms with van der Waals surface area (Å²) in [6, 6.07) is 3.33. The first-order valence-corrected chi connectivity index (χ1v) is 6.72. The van der Waals surface area contributed by atoms with E-state index >= 15 is 0 Å². The zero-order valence-electron chi connectivity index (χ0n) is 7.47. The fraction of sp³-hybridized carbons (Fsp3) is 0.375. The van der Waals surface area contributed by atoms with E-state index in [1.54, 1.807) is 17.5 Å². The average molecular weight is 233 g/mol. The van der Waals surface area contributed by atoms with Crippen molar-refractivity contribution in [3.05, 3.63) is 22.4 Å². The van der Waals surface area contributed by atoms with Gasteiger partial charge >= 0.3 is 0 Å². The number of sulfone groups is 1. The van der Waals surface area contributed by atoms with Crippen LogP contribution < -0.4 is 5.73 Å². The molecule has 1 heterocycles. The molecule has 0 atom stereocenters. The number of Topliss-reactive ketones (excluding diaryl/α,β-unsaturated/α-hetero) is 1. The molecule has 78 valence electrons. The van der Waals surface area contributed by atoms with Gasteiger partial charge in [0.25, 0.3) is 0 Å². The predicted molar refractivity (Wildman–Crippen MR) is 56.4 cm³/mol. The van der Waals surface area contributed by atoms with E-state index in [-0.39, 0.29) is 18.1 Å². The molecular weight excluding hydrogens is 222 g/mol. The molecule has 4 nitrogen and oxygen atoms in total. The van der Waals surface area contributed by atoms with Crippen LogP contribution in [0.4, 0.5) is 0 Å². The van der Waals surface area contributed by atoms with E-state index in [0.29, 0.717) is 4.88 Å². The molecule has 0 saturated carbocycles. The molecule has 0 aliphatic heterocycles. The molecule has 0 saturated heterocycles. The van der Waals surface area contributed by atoms with Crippen molar-refractivity contribution < 1.29 is 13.2 Å². The molecule has 0 aromatic carbocycles. The molecule has 2 N–H and O–H groups in total. The maximum Gasteiger partial charge on any atom is 0.187 e. The van der Waals surface area contributed by atoms with E-state index in [1.165, 1.54) is 11.3 Å². The van der Waals surface area contributed by atoms with E-state index in [0.717, 1.165) is 0 Å². The van der Waals surface area contributed by atoms with Gasteiger partial charge in [-0.15, -0.1) is 11.3 Å². The van der Waals surface area contributed by atoms with Gasteiger partial charge in [0.2, 0.25) is 0 Å². The van der Waals surface area contributed by atoms with Crippen LogP contribution >= 0.6 is 11.3 Å². The van der Waals surface area contributed by atoms with Crippen molar-refractivity contribution >= 4 is 27.0 Å². The number of hydrogen-bond donors (Lipinski definition) is 1. The third-order valence-corrected chi connectivity index (χ3v) is 4.05. The Kier molecular flexibility index (Phi) is 3.79. The van der Waals surface area contributed by atoms with Crippen molar-refractivity contribution in [1.82, 2.24) is 0 Å². The highest BCUT2D eigenvalue weighted by Crippen LogP contribution is 2.10. The van der Waals surface area contributed by atoms with Gasteiger partial charge in [-0.25, -0.2) is 8.42 Å². The van der Waals surface area contributed by atoms with Crippen molar-refractivity contribution in [2.45, 2.75) is 0 Å². The molecule has 0 aliphatic rings. The van der Waals surface area contributed by atoms with Crippen LogP contribution in [0, 0.1) is 0 Å². The highest BCUT2D eigenvalue weighted by atomic mass is 32.2. The molecule has 1 rings (SSSR count). The lowest BCUT2D eigenvalue weighted by molar-refractivity contribution is 0.102. The Morgan fingerprint density at radius 2 is 2.21 bits per heavy atom. The van der Waals surface area contributed by atoms with E-state index < -0.39 is 15.6 Å². The summed E-state index contributed by atoms with van der Waals surface area (Å²) >= 11 is 1.24. The zero-order valence-corrected chi connectivity index (χ0v) is 9.10. The van der Waals surface area contributed by atoms with Gasteiger partial charge in [-0.05, 0) is 11.4 Å². The Morgan fingerprint density at radius 1 is 1.50 bits per heavy atom. The lowest BCUT2D eigenvalue weighted by Crippen LogP contribution is -2.22. The molecule has 0 amide bonds. The summed E-state index contributed by atoms with van der Waals surface area (Å²) in [5, 5.41) is 1.74. The SMILES string of the molecule is NCCS(=O)(=O)CC(=O)c1cccs1. The first-order chi connectivity index (χ1) is 6.55. The molecule has 0 spiro atoms. The van der Waals surface area contributed by atoms with Crippen LogP contribution in [-0.4, -0.2) is 32.3 Å². The first-order valence-electron chi connectivity index (χ1n) is 4.02. The summed E-state index contributed by atoms with van der Waals surface area (Å²) in [4.78, 5) is 11.9. The van der Waals surface area contributed by atoms with Crippen molar-refractivity contribution in [2.75, 3.05) is 18.1 Å². The summed E-state index contributed by atoms with van der Waals surface area (Å²) in [6.45, 7) is 0.0556. The number of thiophene rings is 1. The Bertz CT molecular complexity index is 394. The third-order valence-electron chi connectivity index (χ3n) is 1.58. The largest absolute Gasteiger partial charge is 0.329 e. The molecule has 0 unspecified atom stereocenters. The third kappa shape index (κ3) is 3.21. The van der Waals surface area contributed by atoms with Crippen LogP contribution in [0.15, 0.2) is 17.5 Å². The lowest BCUT2D eigenvalue weighted by atomic mass is 10.4. The van der Waals surface area contributed by atoms with Crippen LogP contribution in [0.25, 0.3) is 0 Å². The van der Waals surface area contributed by atoms with Gasteiger partial charge in [-0.2, -0.15) is 0 Å². The van der Waals surface area contributed by atoms with E-state index in [9.17, 15) is 13.2 Å². The molecule has 14 heavy (non-hydrogen) atoms. The fourth-order valence-electron chi connectivity index (χ4n) is 0.960. The van der Waals surface area contributed by atoms with E-state index in [4.69, 9.17) is 5.73 Å². The summed E-state index contributed by atoms with van der Waals surface area (Å²) < 4.78 is 22.5. The molecule has 0 aliphatic carbocycles. The van der Waals surface area contributed by atoms with Crippen LogP contribution in [0.2, 0.25) is 0 Å². The zero-order chi connectivity index (χ0) is 10.6. The maximum absolute atomic E-state index is 11.4. The summed E-state index contributed by atoms with van der Waals surface area (Å²) in [5.74, 6) is -0.928. The van der Waals surface area contributed by atoms with Crippen molar-refractivity contribution in [1.29, 1.82) is 0 Å². The van der Waals surface area contributed by atoms with Crippen molar-refractivity contribution in [3.8, 4) is 0 Å². The van der Waals surface area contributed by atoms with Gasteiger partial charge in [-0.1, -0.05) is 6.07 Å². The van der Waals surface area contributed by atoms with Gasteiger partial charge in [0, 0.05) is 6.54 Å². The standard InChI is InChI=1S/C8H11NO3S2/c9-3-5-14(11,12)6-7(10)8-2-1-4-13-8/h1-2,4H,3,5-6,9H2. The Morgan fingerprint density at radius 3 is 2.71 bits per heavy atom. The Hall–Kier alpha value is -0.720. The second-order valence-electron chi connectivity index (χ2n) is 2.78. The smallest absolute Gasteiger partial charge is 0.187 e. The topological polar surface area (TPSA) is 77.2 Å². The van der Waals surface area contributed by atoms with Crippen molar-refractivity contribution in [3.63, 3.8) is 0 Å². The molecule has 6 heteroatoms. The molecular formula is C8H11NO3S2. The quantitative estimate of drug-likeness (QED) is 0.742. The molecule has 0 bridgehead atoms. The van der Waals surface area contributed by atoms with Crippen LogP contribution in [0.3, 0.4) is 0 Å². The Labute approximate surface area is 86.7 Å². The second kappa shape index (κ2) is 4.68. The van der Waals surface area contributed by atoms with Gasteiger partial charge in [0.1, 0.15) is 5.75 Å². The van der Waals surface area contributed by atoms with E-state index in [2.05, 4.69) is 0 Å². The lowest BCUT2D eigenvalue weighted by Gasteiger charge is -1.99. The monoisotopic (exact) mass is 233 g/mol. The summed E-state index contributed by atoms with van der Waals surface area (Å²) in [7, 11) is -3.32. The number of nitrogens with two attached hydrogens (primary N) is 1. The van der Waals surface area contributed by atoms with Crippen LogP contribution in [0.1, 0.15) is 9.67 Å². The highest BCUT2D eigenvalue weighted by molar-refractivity contribution is 7.92. The summed E-state index contributed by atoms with van der Waals surface area (Å²) in [5.41, 5.74) is 5.12. The van der Waals surface area contributed by atoms with Gasteiger partial charge in [-0.3, -0.25) is 4.79 Å². The number of rotatable bonds is 5. The van der Waals surface area contributed by atoms with Gasteiger partial charge < -0.3 is 5.73 Å². The van der Waals surface area contributed by atoms with Gasteiger partial charge in [0.15, 0.2) is 15.6 Å². The highest BCUT2D eigenvalue weighted by Gasteiger charge is 2.17. The fourth-order valence-corrected chi connectivity index (χ4v) is 2.77. The molecule has 0 fully saturated rings. The normalized spacial score (nSPS) is 11.5. The second-order valence-corrected chi connectivity index (χ2v) is 5.91. The van der Waals surface area contributed by atoms with E-state index in [1.807, 2.05) is 0 Å². The van der Waals surface area contributed by atoms with Gasteiger partial charge in [0.05, 0.1) is 10.6 Å². The maximum atomic E-state index is 11.4. The molecule has 1 aromatic heterocycles. The first kappa shape index (κ1) is 11.4. The number of carbonyl (C=O) groups is 1. The number of ketones is 1. The minimum atomic E-state index is -3.32. The predicted octanol–water partition coefficient (Wildman–Crippen LogP) is 0.304. The molecule has 0 radical (unpaired) electrons. The minimum absolute atomic E-state index is 0.0556. The number of carbonyl (C=O) groups excluding carboxylic acids is 1. The van der Waals surface area contributed by atoms with Crippen LogP contribution in [0.5, 0.6) is 0 Å². The Balaban J connectivity index is 2.67. The van der Waals surface area contributed by atoms with Crippen LogP contribution in [-0.2, 0) is 9.84 Å². The minimum Gasteiger partial charge on any atom is -0.329 e. The number of hydrogen-bond acceptors (Lipinski definition) is 5. The summed E-state index contributed by atoms with van der Waals surface area (Å²) in [6.07, 6.45) is 0. The average Bonchev–Trinajstić information content (AvgIpc) is 2.53. The molecule has 1 aromatic rings.